The molecule has 0 aliphatic carbocycles. The molecule has 0 N–H and O–H groups in total. The largest absolute Gasteiger partial charge is 0.502 e. The minimum absolute atomic E-state index is 0.832. The van der Waals surface area contributed by atoms with E-state index in [-0.39, 0.29) is 0 Å². The van der Waals surface area contributed by atoms with Gasteiger partial charge in [0.1, 0.15) is 0 Å². The Kier molecular flexibility index (Phi) is 10.7. The molecule has 0 saturated carbocycles. The van der Waals surface area contributed by atoms with E-state index in [1.807, 2.05) is 0 Å². The molecule has 0 atom stereocenters. The Labute approximate surface area is 82.5 Å². The quantitative estimate of drug-likeness (QED) is 0.297. The van der Waals surface area contributed by atoms with Gasteiger partial charge in [-0.2, -0.15) is 0 Å². The molecule has 0 aromatic heterocycles. The van der Waals surface area contributed by atoms with Crippen molar-refractivity contribution in [2.45, 2.75) is 45.4 Å². The van der Waals surface area contributed by atoms with E-state index in [9.17, 15) is 0 Å². The van der Waals surface area contributed by atoms with Gasteiger partial charge in [-0.05, 0) is 26.2 Å². The first-order chi connectivity index (χ1) is 6.41. The van der Waals surface area contributed by atoms with Crippen LogP contribution in [0.25, 0.3) is 0 Å². The van der Waals surface area contributed by atoms with Crippen molar-refractivity contribution in [1.82, 2.24) is 0 Å². The van der Waals surface area contributed by atoms with Crippen molar-refractivity contribution in [2.75, 3.05) is 6.61 Å². The van der Waals surface area contributed by atoms with Crippen LogP contribution >= 0.6 is 0 Å². The van der Waals surface area contributed by atoms with Crippen molar-refractivity contribution >= 4 is 0 Å². The first kappa shape index (κ1) is 12.3. The Morgan fingerprint density at radius 1 is 1.08 bits per heavy atom. The van der Waals surface area contributed by atoms with E-state index >= 15 is 0 Å². The molecule has 13 heavy (non-hydrogen) atoms. The van der Waals surface area contributed by atoms with Crippen molar-refractivity contribution in [3.8, 4) is 0 Å². The van der Waals surface area contributed by atoms with Crippen molar-refractivity contribution in [2.24, 2.45) is 0 Å². The molecular weight excluding hydrogens is 160 g/mol. The first-order valence-corrected chi connectivity index (χ1v) is 5.25. The summed E-state index contributed by atoms with van der Waals surface area (Å²) in [5.41, 5.74) is 0. The third kappa shape index (κ3) is 11.3. The second-order valence-electron chi connectivity index (χ2n) is 3.16. The van der Waals surface area contributed by atoms with Crippen LogP contribution < -0.4 is 0 Å². The van der Waals surface area contributed by atoms with Crippen molar-refractivity contribution in [3.63, 3.8) is 0 Å². The highest BCUT2D eigenvalue weighted by Crippen LogP contribution is 2.05. The van der Waals surface area contributed by atoms with Crippen LogP contribution in [0, 0.1) is 0 Å². The molecule has 1 heteroatoms. The average molecular weight is 182 g/mol. The third-order valence-electron chi connectivity index (χ3n) is 1.99. The zero-order valence-corrected chi connectivity index (χ0v) is 8.80. The summed E-state index contributed by atoms with van der Waals surface area (Å²) in [6.45, 7) is 6.41. The molecule has 0 radical (unpaired) electrons. The van der Waals surface area contributed by atoms with Crippen LogP contribution in [-0.2, 0) is 4.74 Å². The second-order valence-corrected chi connectivity index (χ2v) is 3.16. The van der Waals surface area contributed by atoms with Gasteiger partial charge in [0.25, 0.3) is 0 Å². The minimum atomic E-state index is 0.832. The highest BCUT2D eigenvalue weighted by atomic mass is 16.5. The summed E-state index contributed by atoms with van der Waals surface area (Å²) in [4.78, 5) is 0. The maximum absolute atomic E-state index is 5.03. The minimum Gasteiger partial charge on any atom is -0.502 e. The Bertz CT molecular complexity index is 127. The summed E-state index contributed by atoms with van der Waals surface area (Å²) in [6, 6.07) is 0. The van der Waals surface area contributed by atoms with Crippen LogP contribution in [0.15, 0.2) is 25.0 Å². The van der Waals surface area contributed by atoms with Gasteiger partial charge in [-0.3, -0.25) is 0 Å². The zero-order valence-electron chi connectivity index (χ0n) is 8.80. The molecule has 0 saturated heterocycles. The first-order valence-electron chi connectivity index (χ1n) is 5.25. The molecule has 76 valence electrons. The fourth-order valence-electron chi connectivity index (χ4n) is 1.23. The highest BCUT2D eigenvalue weighted by molar-refractivity contribution is 4.76. The summed E-state index contributed by atoms with van der Waals surface area (Å²) in [6.07, 6.45) is 13.6. The van der Waals surface area contributed by atoms with Crippen molar-refractivity contribution in [3.05, 3.63) is 25.0 Å². The van der Waals surface area contributed by atoms with Gasteiger partial charge in [0, 0.05) is 0 Å². The molecule has 0 spiro atoms. The molecule has 0 aliphatic heterocycles. The highest BCUT2D eigenvalue weighted by Gasteiger charge is 1.89. The summed E-state index contributed by atoms with van der Waals surface area (Å²) >= 11 is 0. The predicted octanol–water partition coefficient (Wildman–Crippen LogP) is 4.06. The molecule has 0 unspecified atom stereocenters. The van der Waals surface area contributed by atoms with E-state index in [0.717, 1.165) is 13.0 Å². The van der Waals surface area contributed by atoms with Crippen LogP contribution in [0.3, 0.4) is 0 Å². The maximum Gasteiger partial charge on any atom is 0.0873 e. The summed E-state index contributed by atoms with van der Waals surface area (Å²) in [5.74, 6) is 0. The molecule has 0 fully saturated rings. The van der Waals surface area contributed by atoms with Crippen LogP contribution in [0.5, 0.6) is 0 Å². The molecule has 0 aromatic rings. The van der Waals surface area contributed by atoms with E-state index < -0.39 is 0 Å². The van der Waals surface area contributed by atoms with Gasteiger partial charge in [-0.15, -0.1) is 0 Å². The summed E-state index contributed by atoms with van der Waals surface area (Å²) < 4.78 is 5.03. The molecule has 1 nitrogen and oxygen atoms in total. The SMILES string of the molecule is C=COCCCCCCC/C=C/C. The molecule has 0 heterocycles. The van der Waals surface area contributed by atoms with Gasteiger partial charge in [0.05, 0.1) is 12.9 Å². The molecule has 0 aromatic carbocycles. The monoisotopic (exact) mass is 182 g/mol. The Morgan fingerprint density at radius 3 is 2.46 bits per heavy atom. The molecule has 0 aliphatic rings. The summed E-state index contributed by atoms with van der Waals surface area (Å²) in [7, 11) is 0. The lowest BCUT2D eigenvalue weighted by molar-refractivity contribution is 0.241. The van der Waals surface area contributed by atoms with Crippen molar-refractivity contribution in [1.29, 1.82) is 0 Å². The Hall–Kier alpha value is -0.720. The predicted molar refractivity (Wildman–Crippen MR) is 58.7 cm³/mol. The molecule has 0 amide bonds. The standard InChI is InChI=1S/C12H22O/c1-3-5-6-7-8-9-10-11-12-13-4-2/h3-5H,2,6-12H2,1H3/b5-3+. The molecule has 0 bridgehead atoms. The molecular formula is C12H22O. The normalized spacial score (nSPS) is 10.5. The fourth-order valence-corrected chi connectivity index (χ4v) is 1.23. The van der Waals surface area contributed by atoms with Crippen LogP contribution in [-0.4, -0.2) is 6.61 Å². The van der Waals surface area contributed by atoms with E-state index in [1.165, 1.54) is 38.4 Å². The van der Waals surface area contributed by atoms with E-state index in [0.29, 0.717) is 0 Å². The summed E-state index contributed by atoms with van der Waals surface area (Å²) in [5, 5.41) is 0. The fraction of sp³-hybridized carbons (Fsp3) is 0.667. The topological polar surface area (TPSA) is 9.23 Å². The van der Waals surface area contributed by atoms with Gasteiger partial charge in [-0.25, -0.2) is 0 Å². The van der Waals surface area contributed by atoms with E-state index in [4.69, 9.17) is 4.74 Å². The number of ether oxygens (including phenoxy) is 1. The van der Waals surface area contributed by atoms with Crippen LogP contribution in [0.4, 0.5) is 0 Å². The van der Waals surface area contributed by atoms with Gasteiger partial charge < -0.3 is 4.74 Å². The van der Waals surface area contributed by atoms with Crippen molar-refractivity contribution < 1.29 is 4.74 Å². The molecule has 0 rings (SSSR count). The van der Waals surface area contributed by atoms with Crippen LogP contribution in [0.2, 0.25) is 0 Å². The Morgan fingerprint density at radius 2 is 1.77 bits per heavy atom. The van der Waals surface area contributed by atoms with Crippen LogP contribution in [0.1, 0.15) is 45.4 Å². The Balaban J connectivity index is 2.87. The second kappa shape index (κ2) is 11.3. The van der Waals surface area contributed by atoms with E-state index in [2.05, 4.69) is 25.7 Å². The maximum atomic E-state index is 5.03. The third-order valence-corrected chi connectivity index (χ3v) is 1.99. The lowest BCUT2D eigenvalue weighted by Crippen LogP contribution is -1.87. The van der Waals surface area contributed by atoms with Gasteiger partial charge >= 0.3 is 0 Å². The number of unbranched alkanes of at least 4 members (excludes halogenated alkanes) is 5. The van der Waals surface area contributed by atoms with Gasteiger partial charge in [-0.1, -0.05) is 38.0 Å². The average Bonchev–Trinajstić information content (AvgIpc) is 2.16. The number of rotatable bonds is 9. The van der Waals surface area contributed by atoms with Gasteiger partial charge in [0.15, 0.2) is 0 Å². The van der Waals surface area contributed by atoms with E-state index in [1.54, 1.807) is 0 Å². The lowest BCUT2D eigenvalue weighted by Gasteiger charge is -2.00. The number of allylic oxidation sites excluding steroid dienone is 2. The smallest absolute Gasteiger partial charge is 0.0873 e. The lowest BCUT2D eigenvalue weighted by atomic mass is 10.1. The number of hydrogen-bond acceptors (Lipinski definition) is 1. The van der Waals surface area contributed by atoms with Gasteiger partial charge in [0.2, 0.25) is 0 Å². The zero-order chi connectivity index (χ0) is 9.78. The number of hydrogen-bond donors (Lipinski definition) is 0.